The maximum atomic E-state index is 11.5. The van der Waals surface area contributed by atoms with Crippen molar-refractivity contribution < 1.29 is 38.1 Å². The van der Waals surface area contributed by atoms with E-state index >= 15 is 0 Å². The summed E-state index contributed by atoms with van der Waals surface area (Å²) in [4.78, 5) is 45.8. The van der Waals surface area contributed by atoms with Gasteiger partial charge < -0.3 is 18.9 Å². The fourth-order valence-electron chi connectivity index (χ4n) is 1.91. The van der Waals surface area contributed by atoms with Crippen LogP contribution in [0.15, 0.2) is 0 Å². The highest BCUT2D eigenvalue weighted by Crippen LogP contribution is 2.11. The number of rotatable bonds is 14. The monoisotopic (exact) mass is 524 g/mol. The van der Waals surface area contributed by atoms with E-state index in [2.05, 4.69) is 25.3 Å². The molecule has 0 aromatic carbocycles. The van der Waals surface area contributed by atoms with E-state index in [1.54, 1.807) is 13.8 Å². The summed E-state index contributed by atoms with van der Waals surface area (Å²) in [5.74, 6) is -1.77. The van der Waals surface area contributed by atoms with Crippen LogP contribution in [0, 0.1) is 0 Å². The minimum atomic E-state index is -0.749. The minimum absolute atomic E-state index is 0.0529. The molecule has 0 rings (SSSR count). The Hall–Kier alpha value is -1.42. The second-order valence-electron chi connectivity index (χ2n) is 8.17. The molecule has 0 amide bonds. The van der Waals surface area contributed by atoms with Gasteiger partial charge in [0.15, 0.2) is 0 Å². The fourth-order valence-corrected chi connectivity index (χ4v) is 2.33. The summed E-state index contributed by atoms with van der Waals surface area (Å²) in [5, 5.41) is -1.50. The number of hydrogen-bond acceptors (Lipinski definition) is 10. The zero-order chi connectivity index (χ0) is 26.8. The third-order valence-corrected chi connectivity index (χ3v) is 5.65. The molecule has 0 spiro atoms. The molecule has 10 heteroatoms. The molecule has 0 saturated carbocycles. The van der Waals surface area contributed by atoms with Crippen molar-refractivity contribution in [3.05, 3.63) is 0 Å². The first-order chi connectivity index (χ1) is 15.8. The van der Waals surface area contributed by atoms with Gasteiger partial charge in [-0.3, -0.25) is 19.2 Å². The Morgan fingerprint density at radius 2 is 0.765 bits per heavy atom. The fraction of sp³-hybridized carbons (Fsp3) is 0.833. The topological polar surface area (TPSA) is 105 Å². The molecule has 6 unspecified atom stereocenters. The maximum Gasteiger partial charge on any atom is 0.319 e. The summed E-state index contributed by atoms with van der Waals surface area (Å²) in [5.41, 5.74) is 0. The lowest BCUT2D eigenvalue weighted by Gasteiger charge is -2.16. The second kappa shape index (κ2) is 19.8. The molecule has 0 heterocycles. The predicted octanol–water partition coefficient (Wildman–Crippen LogP) is 4.72. The van der Waals surface area contributed by atoms with Crippen LogP contribution in [0.1, 0.15) is 93.9 Å². The van der Waals surface area contributed by atoms with Gasteiger partial charge in [0.2, 0.25) is 0 Å². The van der Waals surface area contributed by atoms with Crippen LogP contribution in [0.4, 0.5) is 0 Å². The molecule has 0 saturated heterocycles. The van der Waals surface area contributed by atoms with Gasteiger partial charge in [-0.2, -0.15) is 25.3 Å². The molecule has 0 aromatic heterocycles. The van der Waals surface area contributed by atoms with Crippen molar-refractivity contribution in [2.45, 2.75) is 129 Å². The highest BCUT2D eigenvalue weighted by molar-refractivity contribution is 7.82. The summed E-state index contributed by atoms with van der Waals surface area (Å²) < 4.78 is 20.3. The normalized spacial score (nSPS) is 15.8. The van der Waals surface area contributed by atoms with Crippen molar-refractivity contribution in [1.82, 2.24) is 0 Å². The lowest BCUT2D eigenvalue weighted by molar-refractivity contribution is -0.154. The quantitative estimate of drug-likeness (QED) is 0.191. The molecule has 0 aliphatic rings. The first-order valence-electron chi connectivity index (χ1n) is 12.0. The molecule has 0 aliphatic heterocycles. The van der Waals surface area contributed by atoms with Crippen molar-refractivity contribution in [2.75, 3.05) is 0 Å². The van der Waals surface area contributed by atoms with Crippen LogP contribution in [0.2, 0.25) is 0 Å². The average Bonchev–Trinajstić information content (AvgIpc) is 2.78. The van der Waals surface area contributed by atoms with Crippen LogP contribution in [0.3, 0.4) is 0 Å². The molecule has 0 aliphatic carbocycles. The van der Waals surface area contributed by atoms with Crippen molar-refractivity contribution in [1.29, 1.82) is 0 Å². The van der Waals surface area contributed by atoms with Gasteiger partial charge in [-0.15, -0.1) is 0 Å². The van der Waals surface area contributed by atoms with Crippen LogP contribution < -0.4 is 0 Å². The van der Waals surface area contributed by atoms with E-state index in [9.17, 15) is 19.2 Å². The maximum absolute atomic E-state index is 11.5. The Morgan fingerprint density at radius 1 is 0.529 bits per heavy atom. The number of carbonyl (C=O) groups excluding carboxylic acids is 4. The van der Waals surface area contributed by atoms with Crippen LogP contribution >= 0.6 is 25.3 Å². The van der Waals surface area contributed by atoms with Crippen molar-refractivity contribution >= 4 is 49.1 Å². The Morgan fingerprint density at radius 3 is 1.00 bits per heavy atom. The Labute approximate surface area is 216 Å². The van der Waals surface area contributed by atoms with Gasteiger partial charge in [0.1, 0.15) is 10.5 Å². The number of carbonyl (C=O) groups is 4. The molecule has 0 aromatic rings. The van der Waals surface area contributed by atoms with Gasteiger partial charge in [0, 0.05) is 0 Å². The predicted molar refractivity (Wildman–Crippen MR) is 138 cm³/mol. The zero-order valence-electron chi connectivity index (χ0n) is 21.9. The Kier molecular flexibility index (Phi) is 20.3. The zero-order valence-corrected chi connectivity index (χ0v) is 23.7. The summed E-state index contributed by atoms with van der Waals surface area (Å²) in [6, 6.07) is 0. The van der Waals surface area contributed by atoms with Crippen molar-refractivity contribution in [2.24, 2.45) is 0 Å². The molecule has 8 nitrogen and oxygen atoms in total. The highest BCUT2D eigenvalue weighted by atomic mass is 32.1. The van der Waals surface area contributed by atoms with Crippen LogP contribution in [-0.2, 0) is 38.1 Å². The molecule has 0 N–H and O–H groups in total. The SMILES string of the molecule is CCC(C)OC(=O)CC(S)C(=O)OC(C)CC.CCC(C)OC(=O)CC(S)C(=O)OC(C)CC. The van der Waals surface area contributed by atoms with E-state index in [4.69, 9.17) is 18.9 Å². The summed E-state index contributed by atoms with van der Waals surface area (Å²) in [7, 11) is 0. The molecule has 0 fully saturated rings. The van der Waals surface area contributed by atoms with E-state index in [-0.39, 0.29) is 37.3 Å². The van der Waals surface area contributed by atoms with Crippen molar-refractivity contribution in [3.8, 4) is 0 Å². The first kappa shape index (κ1) is 34.7. The summed E-state index contributed by atoms with van der Waals surface area (Å²) in [6.45, 7) is 14.9. The van der Waals surface area contributed by atoms with Crippen LogP contribution in [0.5, 0.6) is 0 Å². The van der Waals surface area contributed by atoms with Crippen LogP contribution in [0.25, 0.3) is 0 Å². The Balaban J connectivity index is 0. The lowest BCUT2D eigenvalue weighted by Crippen LogP contribution is -2.26. The Bertz CT molecular complexity index is 562. The molecule has 6 atom stereocenters. The standard InChI is InChI=1S/2C12H22O4S/c2*1-5-8(3)15-11(13)7-10(17)12(14)16-9(4)6-2/h2*8-10,17H,5-7H2,1-4H3. The number of ether oxygens (including phenoxy) is 4. The number of thiol groups is 2. The van der Waals surface area contributed by atoms with Gasteiger partial charge in [-0.05, 0) is 53.4 Å². The molecule has 200 valence electrons. The van der Waals surface area contributed by atoms with Gasteiger partial charge in [-0.25, -0.2) is 0 Å². The van der Waals surface area contributed by atoms with E-state index in [0.29, 0.717) is 0 Å². The smallest absolute Gasteiger partial charge is 0.319 e. The number of hydrogen-bond donors (Lipinski definition) is 2. The first-order valence-corrected chi connectivity index (χ1v) is 13.0. The minimum Gasteiger partial charge on any atom is -0.463 e. The summed E-state index contributed by atoms with van der Waals surface area (Å²) >= 11 is 8.11. The third kappa shape index (κ3) is 18.0. The molecule has 0 bridgehead atoms. The average molecular weight is 525 g/mol. The molecular weight excluding hydrogens is 480 g/mol. The van der Waals surface area contributed by atoms with E-state index in [1.807, 2.05) is 41.5 Å². The summed E-state index contributed by atoms with van der Waals surface area (Å²) in [6.07, 6.45) is 2.31. The van der Waals surface area contributed by atoms with Crippen LogP contribution in [-0.4, -0.2) is 58.8 Å². The van der Waals surface area contributed by atoms with Gasteiger partial charge >= 0.3 is 23.9 Å². The molecule has 0 radical (unpaired) electrons. The van der Waals surface area contributed by atoms with Gasteiger partial charge in [-0.1, -0.05) is 27.7 Å². The van der Waals surface area contributed by atoms with E-state index < -0.39 is 34.4 Å². The highest BCUT2D eigenvalue weighted by Gasteiger charge is 2.23. The third-order valence-electron chi connectivity index (χ3n) is 4.86. The van der Waals surface area contributed by atoms with Gasteiger partial charge in [0.05, 0.1) is 37.3 Å². The van der Waals surface area contributed by atoms with Crippen molar-refractivity contribution in [3.63, 3.8) is 0 Å². The van der Waals surface area contributed by atoms with E-state index in [1.165, 1.54) is 0 Å². The molecular formula is C24H44O8S2. The second-order valence-corrected chi connectivity index (χ2v) is 9.42. The largest absolute Gasteiger partial charge is 0.463 e. The van der Waals surface area contributed by atoms with E-state index in [0.717, 1.165) is 25.7 Å². The lowest BCUT2D eigenvalue weighted by atomic mass is 10.2. The van der Waals surface area contributed by atoms with Gasteiger partial charge in [0.25, 0.3) is 0 Å². The number of esters is 4. The molecule has 34 heavy (non-hydrogen) atoms.